The van der Waals surface area contributed by atoms with Gasteiger partial charge in [-0.15, -0.1) is 0 Å². The number of pyridine rings is 1. The van der Waals surface area contributed by atoms with Crippen LogP contribution in [0.25, 0.3) is 10.9 Å². The third-order valence-electron chi connectivity index (χ3n) is 4.77. The molecule has 32 heavy (non-hydrogen) atoms. The lowest BCUT2D eigenvalue weighted by Gasteiger charge is -2.21. The molecule has 158 valence electrons. The van der Waals surface area contributed by atoms with Gasteiger partial charge in [0.1, 0.15) is 29.1 Å². The SMILES string of the molecule is COc1cc2nccc(Oc3ccc(N(C(N)=O)c4ccc(F)cc4)cc3)c2cc1C#N. The average Bonchev–Trinajstić information content (AvgIpc) is 2.80. The van der Waals surface area contributed by atoms with Gasteiger partial charge in [-0.1, -0.05) is 0 Å². The predicted octanol–water partition coefficient (Wildman–Crippen LogP) is 5.26. The number of aromatic nitrogens is 1. The van der Waals surface area contributed by atoms with E-state index in [2.05, 4.69) is 11.1 Å². The van der Waals surface area contributed by atoms with Crippen molar-refractivity contribution >= 4 is 28.3 Å². The molecule has 0 saturated carbocycles. The number of nitriles is 1. The van der Waals surface area contributed by atoms with E-state index in [0.29, 0.717) is 45.1 Å². The van der Waals surface area contributed by atoms with Crippen molar-refractivity contribution in [2.24, 2.45) is 5.73 Å². The van der Waals surface area contributed by atoms with Crippen LogP contribution in [0.15, 0.2) is 72.9 Å². The third kappa shape index (κ3) is 4.00. The summed E-state index contributed by atoms with van der Waals surface area (Å²) < 4.78 is 24.5. The number of hydrogen-bond acceptors (Lipinski definition) is 5. The molecule has 0 spiro atoms. The molecule has 8 heteroatoms. The second kappa shape index (κ2) is 8.62. The lowest BCUT2D eigenvalue weighted by atomic mass is 10.1. The summed E-state index contributed by atoms with van der Waals surface area (Å²) in [6.07, 6.45) is 1.60. The molecule has 7 nitrogen and oxygen atoms in total. The van der Waals surface area contributed by atoms with Crippen LogP contribution in [0.2, 0.25) is 0 Å². The van der Waals surface area contributed by atoms with Crippen molar-refractivity contribution in [1.29, 1.82) is 5.26 Å². The molecule has 0 radical (unpaired) electrons. The van der Waals surface area contributed by atoms with E-state index in [-0.39, 0.29) is 0 Å². The van der Waals surface area contributed by atoms with Gasteiger partial charge in [-0.05, 0) is 60.7 Å². The van der Waals surface area contributed by atoms with Crippen LogP contribution in [0, 0.1) is 17.1 Å². The Bertz CT molecular complexity index is 1330. The molecular weight excluding hydrogens is 411 g/mol. The van der Waals surface area contributed by atoms with Gasteiger partial charge in [-0.2, -0.15) is 5.26 Å². The molecule has 0 atom stereocenters. The van der Waals surface area contributed by atoms with E-state index in [1.165, 1.54) is 36.3 Å². The van der Waals surface area contributed by atoms with Crippen molar-refractivity contribution in [3.8, 4) is 23.3 Å². The number of urea groups is 1. The van der Waals surface area contributed by atoms with Gasteiger partial charge in [0.05, 0.1) is 29.6 Å². The highest BCUT2D eigenvalue weighted by Gasteiger charge is 2.16. The summed E-state index contributed by atoms with van der Waals surface area (Å²) in [6.45, 7) is 0. The maximum atomic E-state index is 13.2. The van der Waals surface area contributed by atoms with Gasteiger partial charge in [0.15, 0.2) is 0 Å². The number of amides is 2. The van der Waals surface area contributed by atoms with E-state index in [4.69, 9.17) is 15.2 Å². The number of carbonyl (C=O) groups excluding carboxylic acids is 1. The molecule has 0 unspecified atom stereocenters. The molecule has 0 fully saturated rings. The van der Waals surface area contributed by atoms with Gasteiger partial charge in [-0.3, -0.25) is 9.88 Å². The zero-order valence-corrected chi connectivity index (χ0v) is 16.9. The zero-order chi connectivity index (χ0) is 22.7. The highest BCUT2D eigenvalue weighted by molar-refractivity contribution is 5.98. The van der Waals surface area contributed by atoms with Gasteiger partial charge in [0.2, 0.25) is 0 Å². The molecule has 0 saturated heterocycles. The van der Waals surface area contributed by atoms with E-state index in [9.17, 15) is 14.4 Å². The van der Waals surface area contributed by atoms with Crippen LogP contribution in [-0.4, -0.2) is 18.1 Å². The lowest BCUT2D eigenvalue weighted by molar-refractivity contribution is 0.256. The molecular formula is C24H17FN4O3. The van der Waals surface area contributed by atoms with E-state index in [1.54, 1.807) is 48.7 Å². The van der Waals surface area contributed by atoms with Crippen molar-refractivity contribution in [3.63, 3.8) is 0 Å². The van der Waals surface area contributed by atoms with Crippen LogP contribution in [0.5, 0.6) is 17.2 Å². The number of fused-ring (bicyclic) bond motifs is 1. The molecule has 2 amide bonds. The molecule has 0 aliphatic heterocycles. The Morgan fingerprint density at radius 2 is 1.69 bits per heavy atom. The summed E-state index contributed by atoms with van der Waals surface area (Å²) in [5.41, 5.74) is 7.44. The number of nitrogens with zero attached hydrogens (tertiary/aromatic N) is 3. The number of nitrogens with two attached hydrogens (primary N) is 1. The third-order valence-corrected chi connectivity index (χ3v) is 4.77. The van der Waals surface area contributed by atoms with E-state index >= 15 is 0 Å². The van der Waals surface area contributed by atoms with Crippen molar-refractivity contribution in [2.45, 2.75) is 0 Å². The molecule has 1 heterocycles. The summed E-state index contributed by atoms with van der Waals surface area (Å²) in [5, 5.41) is 10.0. The van der Waals surface area contributed by atoms with Crippen molar-refractivity contribution in [2.75, 3.05) is 12.0 Å². The molecule has 4 aromatic rings. The number of rotatable bonds is 5. The quantitative estimate of drug-likeness (QED) is 0.467. The number of halogens is 1. The minimum atomic E-state index is -0.705. The molecule has 0 bridgehead atoms. The standard InChI is InChI=1S/C24H17FN4O3/c1-31-23-13-21-20(12-15(23)14-26)22(10-11-28-21)32-19-8-6-18(7-9-19)29(24(27)30)17-4-2-16(25)3-5-17/h2-13H,1H3,(H2,27,30). The van der Waals surface area contributed by atoms with E-state index < -0.39 is 11.8 Å². The highest BCUT2D eigenvalue weighted by atomic mass is 19.1. The first-order chi connectivity index (χ1) is 15.5. The fourth-order valence-corrected chi connectivity index (χ4v) is 3.28. The number of methoxy groups -OCH3 is 1. The Balaban J connectivity index is 1.65. The van der Waals surface area contributed by atoms with Gasteiger partial charge in [-0.25, -0.2) is 9.18 Å². The van der Waals surface area contributed by atoms with Crippen molar-refractivity contribution < 1.29 is 18.7 Å². The van der Waals surface area contributed by atoms with Crippen LogP contribution in [0.1, 0.15) is 5.56 Å². The fourth-order valence-electron chi connectivity index (χ4n) is 3.28. The van der Waals surface area contributed by atoms with Crippen LogP contribution < -0.4 is 20.1 Å². The minimum Gasteiger partial charge on any atom is -0.495 e. The Morgan fingerprint density at radius 1 is 1.03 bits per heavy atom. The minimum absolute atomic E-state index is 0.365. The van der Waals surface area contributed by atoms with Crippen LogP contribution in [0.4, 0.5) is 20.6 Å². The van der Waals surface area contributed by atoms with Gasteiger partial charge < -0.3 is 15.2 Å². The molecule has 0 aliphatic carbocycles. The number of primary amides is 1. The predicted molar refractivity (Wildman–Crippen MR) is 118 cm³/mol. The summed E-state index contributed by atoms with van der Waals surface area (Å²) in [4.78, 5) is 17.6. The summed E-state index contributed by atoms with van der Waals surface area (Å²) in [7, 11) is 1.49. The molecule has 4 rings (SSSR count). The molecule has 1 aromatic heterocycles. The second-order valence-electron chi connectivity index (χ2n) is 6.74. The summed E-state index contributed by atoms with van der Waals surface area (Å²) in [6, 6.07) is 18.5. The Hall–Kier alpha value is -4.64. The maximum absolute atomic E-state index is 13.2. The Morgan fingerprint density at radius 3 is 2.28 bits per heavy atom. The molecule has 2 N–H and O–H groups in total. The number of ether oxygens (including phenoxy) is 2. The van der Waals surface area contributed by atoms with Crippen LogP contribution in [0.3, 0.4) is 0 Å². The Labute approximate surface area is 183 Å². The maximum Gasteiger partial charge on any atom is 0.323 e. The number of hydrogen-bond donors (Lipinski definition) is 1. The van der Waals surface area contributed by atoms with Crippen molar-refractivity contribution in [3.05, 3.63) is 84.3 Å². The topological polar surface area (TPSA) is 101 Å². The van der Waals surface area contributed by atoms with Crippen LogP contribution in [-0.2, 0) is 0 Å². The smallest absolute Gasteiger partial charge is 0.323 e. The van der Waals surface area contributed by atoms with Crippen LogP contribution >= 0.6 is 0 Å². The van der Waals surface area contributed by atoms with Gasteiger partial charge >= 0.3 is 6.03 Å². The van der Waals surface area contributed by atoms with Gasteiger partial charge in [0.25, 0.3) is 0 Å². The lowest BCUT2D eigenvalue weighted by Crippen LogP contribution is -2.31. The van der Waals surface area contributed by atoms with Crippen molar-refractivity contribution in [1.82, 2.24) is 4.98 Å². The average molecular weight is 428 g/mol. The normalized spacial score (nSPS) is 10.4. The first kappa shape index (κ1) is 20.6. The molecule has 3 aromatic carbocycles. The van der Waals surface area contributed by atoms with E-state index in [1.807, 2.05) is 0 Å². The summed E-state index contributed by atoms with van der Waals surface area (Å²) in [5.74, 6) is 1.02. The van der Waals surface area contributed by atoms with E-state index in [0.717, 1.165) is 0 Å². The largest absolute Gasteiger partial charge is 0.495 e. The highest BCUT2D eigenvalue weighted by Crippen LogP contribution is 2.34. The molecule has 0 aliphatic rings. The van der Waals surface area contributed by atoms with Gasteiger partial charge in [0, 0.05) is 17.6 Å². The number of carbonyl (C=O) groups is 1. The number of anilines is 2. The summed E-state index contributed by atoms with van der Waals surface area (Å²) >= 11 is 0. The first-order valence-electron chi connectivity index (χ1n) is 9.50. The Kier molecular flexibility index (Phi) is 5.55. The fraction of sp³-hybridized carbons (Fsp3) is 0.0417. The second-order valence-corrected chi connectivity index (χ2v) is 6.74. The number of benzene rings is 3. The first-order valence-corrected chi connectivity index (χ1v) is 9.50. The zero-order valence-electron chi connectivity index (χ0n) is 16.9. The monoisotopic (exact) mass is 428 g/mol.